The van der Waals surface area contributed by atoms with Crippen LogP contribution in [0.5, 0.6) is 0 Å². The van der Waals surface area contributed by atoms with E-state index >= 15 is 0 Å². The number of halogens is 1. The summed E-state index contributed by atoms with van der Waals surface area (Å²) >= 11 is 5.65. The van der Waals surface area contributed by atoms with Gasteiger partial charge in [-0.15, -0.1) is 11.6 Å². The molecular formula is C11H12ClNO. The van der Waals surface area contributed by atoms with Gasteiger partial charge in [-0.25, -0.2) is 0 Å². The second-order valence-corrected chi connectivity index (χ2v) is 3.14. The summed E-state index contributed by atoms with van der Waals surface area (Å²) in [6.07, 6.45) is 1.26. The second-order valence-electron chi connectivity index (χ2n) is 2.87. The van der Waals surface area contributed by atoms with Crippen molar-refractivity contribution < 1.29 is 4.79 Å². The summed E-state index contributed by atoms with van der Waals surface area (Å²) in [5.41, 5.74) is 2.12. The Kier molecular flexibility index (Phi) is 4.20. The number of hydrogen-bond donors (Lipinski definition) is 1. The molecule has 1 amide bonds. The molecule has 0 heterocycles. The van der Waals surface area contributed by atoms with Crippen molar-refractivity contribution in [3.05, 3.63) is 48.0 Å². The van der Waals surface area contributed by atoms with E-state index < -0.39 is 0 Å². The zero-order valence-corrected chi connectivity index (χ0v) is 8.55. The normalized spacial score (nSPS) is 9.50. The quantitative estimate of drug-likeness (QED) is 0.598. The third kappa shape index (κ3) is 3.23. The van der Waals surface area contributed by atoms with Gasteiger partial charge in [-0.3, -0.25) is 4.79 Å². The lowest BCUT2D eigenvalue weighted by atomic mass is 10.1. The summed E-state index contributed by atoms with van der Waals surface area (Å²) in [6.45, 7) is 3.89. The minimum atomic E-state index is -0.161. The number of hydrogen-bond acceptors (Lipinski definition) is 1. The molecule has 0 aliphatic carbocycles. The van der Waals surface area contributed by atoms with Crippen LogP contribution in [0, 0.1) is 0 Å². The van der Waals surface area contributed by atoms with Crippen LogP contribution >= 0.6 is 11.6 Å². The van der Waals surface area contributed by atoms with E-state index in [-0.39, 0.29) is 5.91 Å². The second kappa shape index (κ2) is 5.45. The predicted octanol–water partition coefficient (Wildman–Crippen LogP) is 2.23. The van der Waals surface area contributed by atoms with Crippen LogP contribution in [0.15, 0.2) is 36.9 Å². The van der Waals surface area contributed by atoms with E-state index in [1.54, 1.807) is 0 Å². The molecule has 0 aromatic heterocycles. The molecule has 0 saturated carbocycles. The minimum absolute atomic E-state index is 0.161. The maximum atomic E-state index is 10.9. The molecule has 0 atom stereocenters. The Hall–Kier alpha value is -1.28. The number of benzene rings is 1. The summed E-state index contributed by atoms with van der Waals surface area (Å²) < 4.78 is 0. The Balaban J connectivity index is 2.51. The fraction of sp³-hybridized carbons (Fsp3) is 0.182. The van der Waals surface area contributed by atoms with E-state index in [1.165, 1.54) is 6.08 Å². The molecular weight excluding hydrogens is 198 g/mol. The van der Waals surface area contributed by atoms with Crippen molar-refractivity contribution in [3.8, 4) is 0 Å². The third-order valence-electron chi connectivity index (χ3n) is 1.83. The number of amides is 1. The highest BCUT2D eigenvalue weighted by Crippen LogP contribution is 2.06. The smallest absolute Gasteiger partial charge is 0.243 e. The molecule has 0 unspecified atom stereocenters. The average Bonchev–Trinajstić information content (AvgIpc) is 2.26. The first-order valence-electron chi connectivity index (χ1n) is 4.30. The van der Waals surface area contributed by atoms with Gasteiger partial charge in [0.25, 0.3) is 0 Å². The van der Waals surface area contributed by atoms with Crippen molar-refractivity contribution in [2.24, 2.45) is 0 Å². The van der Waals surface area contributed by atoms with Crippen LogP contribution < -0.4 is 5.32 Å². The van der Waals surface area contributed by atoms with E-state index in [4.69, 9.17) is 11.6 Å². The molecule has 0 saturated heterocycles. The molecule has 74 valence electrons. The van der Waals surface area contributed by atoms with Crippen molar-refractivity contribution in [3.63, 3.8) is 0 Å². The van der Waals surface area contributed by atoms with Crippen LogP contribution in [0.1, 0.15) is 11.1 Å². The molecule has 1 N–H and O–H groups in total. The molecule has 1 rings (SSSR count). The Labute approximate surface area is 88.6 Å². The Morgan fingerprint density at radius 3 is 2.43 bits per heavy atom. The van der Waals surface area contributed by atoms with E-state index in [0.29, 0.717) is 12.4 Å². The molecule has 0 radical (unpaired) electrons. The number of carbonyl (C=O) groups excluding carboxylic acids is 1. The van der Waals surface area contributed by atoms with Crippen LogP contribution in [0.3, 0.4) is 0 Å². The number of alkyl halides is 1. The largest absolute Gasteiger partial charge is 0.348 e. The van der Waals surface area contributed by atoms with Gasteiger partial charge in [0.1, 0.15) is 0 Å². The zero-order chi connectivity index (χ0) is 10.4. The van der Waals surface area contributed by atoms with E-state index in [1.807, 2.05) is 24.3 Å². The molecule has 0 bridgehead atoms. The summed E-state index contributed by atoms with van der Waals surface area (Å²) in [7, 11) is 0. The lowest BCUT2D eigenvalue weighted by molar-refractivity contribution is -0.116. The molecule has 1 aromatic rings. The SMILES string of the molecule is C=CC(=O)NCc1ccc(CCl)cc1. The number of carbonyl (C=O) groups is 1. The maximum Gasteiger partial charge on any atom is 0.243 e. The summed E-state index contributed by atoms with van der Waals surface area (Å²) in [5.74, 6) is 0.352. The van der Waals surface area contributed by atoms with Crippen LogP contribution in [0.2, 0.25) is 0 Å². The Bertz CT molecular complexity index is 319. The van der Waals surface area contributed by atoms with Crippen LogP contribution in [-0.4, -0.2) is 5.91 Å². The first-order chi connectivity index (χ1) is 6.76. The zero-order valence-electron chi connectivity index (χ0n) is 7.79. The lowest BCUT2D eigenvalue weighted by Crippen LogP contribution is -2.19. The van der Waals surface area contributed by atoms with Crippen molar-refractivity contribution in [2.75, 3.05) is 0 Å². The summed E-state index contributed by atoms with van der Waals surface area (Å²) in [4.78, 5) is 10.9. The van der Waals surface area contributed by atoms with Crippen molar-refractivity contribution in [2.45, 2.75) is 12.4 Å². The number of nitrogens with one attached hydrogen (secondary N) is 1. The standard InChI is InChI=1S/C11H12ClNO/c1-2-11(14)13-8-10-5-3-9(7-12)4-6-10/h2-6H,1,7-8H2,(H,13,14). The van der Waals surface area contributed by atoms with Crippen molar-refractivity contribution in [1.82, 2.24) is 5.32 Å². The molecule has 0 aliphatic rings. The molecule has 3 heteroatoms. The Morgan fingerprint density at radius 1 is 1.36 bits per heavy atom. The molecule has 0 fully saturated rings. The van der Waals surface area contributed by atoms with Gasteiger partial charge in [0.05, 0.1) is 0 Å². The van der Waals surface area contributed by atoms with E-state index in [9.17, 15) is 4.79 Å². The van der Waals surface area contributed by atoms with E-state index in [2.05, 4.69) is 11.9 Å². The van der Waals surface area contributed by atoms with Crippen LogP contribution in [0.4, 0.5) is 0 Å². The molecule has 1 aromatic carbocycles. The summed E-state index contributed by atoms with van der Waals surface area (Å²) in [5, 5.41) is 2.70. The van der Waals surface area contributed by atoms with Crippen LogP contribution in [-0.2, 0) is 17.2 Å². The molecule has 0 aliphatic heterocycles. The number of rotatable bonds is 4. The van der Waals surface area contributed by atoms with E-state index in [0.717, 1.165) is 11.1 Å². The first kappa shape index (κ1) is 10.8. The highest BCUT2D eigenvalue weighted by molar-refractivity contribution is 6.17. The highest BCUT2D eigenvalue weighted by atomic mass is 35.5. The fourth-order valence-corrected chi connectivity index (χ4v) is 1.19. The van der Waals surface area contributed by atoms with Crippen molar-refractivity contribution in [1.29, 1.82) is 0 Å². The summed E-state index contributed by atoms with van der Waals surface area (Å²) in [6, 6.07) is 7.78. The molecule has 0 spiro atoms. The van der Waals surface area contributed by atoms with Gasteiger partial charge in [0.2, 0.25) is 5.91 Å². The monoisotopic (exact) mass is 209 g/mol. The van der Waals surface area contributed by atoms with Gasteiger partial charge >= 0.3 is 0 Å². The van der Waals surface area contributed by atoms with Gasteiger partial charge in [-0.05, 0) is 17.2 Å². The maximum absolute atomic E-state index is 10.9. The molecule has 2 nitrogen and oxygen atoms in total. The predicted molar refractivity (Wildman–Crippen MR) is 58.0 cm³/mol. The van der Waals surface area contributed by atoms with Crippen molar-refractivity contribution >= 4 is 17.5 Å². The van der Waals surface area contributed by atoms with Gasteiger partial charge in [0, 0.05) is 12.4 Å². The highest BCUT2D eigenvalue weighted by Gasteiger charge is 1.95. The van der Waals surface area contributed by atoms with Crippen LogP contribution in [0.25, 0.3) is 0 Å². The van der Waals surface area contributed by atoms with Gasteiger partial charge in [0.15, 0.2) is 0 Å². The minimum Gasteiger partial charge on any atom is -0.348 e. The lowest BCUT2D eigenvalue weighted by Gasteiger charge is -2.02. The molecule has 14 heavy (non-hydrogen) atoms. The topological polar surface area (TPSA) is 29.1 Å². The third-order valence-corrected chi connectivity index (χ3v) is 2.14. The first-order valence-corrected chi connectivity index (χ1v) is 4.83. The van der Waals surface area contributed by atoms with Gasteiger partial charge in [-0.2, -0.15) is 0 Å². The fourth-order valence-electron chi connectivity index (χ4n) is 1.01. The Morgan fingerprint density at radius 2 is 1.93 bits per heavy atom. The van der Waals surface area contributed by atoms with Gasteiger partial charge < -0.3 is 5.32 Å². The average molecular weight is 210 g/mol. The van der Waals surface area contributed by atoms with Gasteiger partial charge in [-0.1, -0.05) is 30.8 Å².